The van der Waals surface area contributed by atoms with Crippen LogP contribution in [0.15, 0.2) is 34.8 Å². The maximum atomic E-state index is 3.87. The van der Waals surface area contributed by atoms with E-state index in [0.29, 0.717) is 0 Å². The monoisotopic (exact) mass is 253 g/mol. The SMILES string of the molecule is C=C(C)CCNc1cc(C)cc(Br)c1. The van der Waals surface area contributed by atoms with Crippen LogP contribution in [0.1, 0.15) is 18.9 Å². The topological polar surface area (TPSA) is 12.0 Å². The molecule has 0 bridgehead atoms. The highest BCUT2D eigenvalue weighted by Gasteiger charge is 1.95. The molecule has 0 aliphatic rings. The van der Waals surface area contributed by atoms with Gasteiger partial charge in [-0.15, -0.1) is 6.58 Å². The van der Waals surface area contributed by atoms with Gasteiger partial charge in [-0.05, 0) is 44.0 Å². The van der Waals surface area contributed by atoms with Crippen molar-refractivity contribution in [2.45, 2.75) is 20.3 Å². The van der Waals surface area contributed by atoms with Gasteiger partial charge in [0, 0.05) is 16.7 Å². The highest BCUT2D eigenvalue weighted by molar-refractivity contribution is 9.10. The average molecular weight is 254 g/mol. The van der Waals surface area contributed by atoms with Gasteiger partial charge in [0.2, 0.25) is 0 Å². The first-order valence-corrected chi connectivity index (χ1v) is 5.52. The molecular formula is C12H16BrN. The van der Waals surface area contributed by atoms with Crippen LogP contribution in [0, 0.1) is 6.92 Å². The van der Waals surface area contributed by atoms with Gasteiger partial charge in [0.25, 0.3) is 0 Å². The number of hydrogen-bond donors (Lipinski definition) is 1. The van der Waals surface area contributed by atoms with E-state index in [2.05, 4.69) is 52.9 Å². The van der Waals surface area contributed by atoms with Crippen LogP contribution in [-0.4, -0.2) is 6.54 Å². The smallest absolute Gasteiger partial charge is 0.0354 e. The van der Waals surface area contributed by atoms with E-state index in [1.807, 2.05) is 6.92 Å². The molecule has 1 nitrogen and oxygen atoms in total. The Morgan fingerprint density at radius 2 is 2.14 bits per heavy atom. The lowest BCUT2D eigenvalue weighted by atomic mass is 10.2. The highest BCUT2D eigenvalue weighted by atomic mass is 79.9. The summed E-state index contributed by atoms with van der Waals surface area (Å²) >= 11 is 3.48. The van der Waals surface area contributed by atoms with Crippen molar-refractivity contribution in [3.05, 3.63) is 40.4 Å². The van der Waals surface area contributed by atoms with Crippen LogP contribution in [0.5, 0.6) is 0 Å². The second-order valence-electron chi connectivity index (χ2n) is 3.65. The molecule has 0 aliphatic heterocycles. The molecule has 2 heteroatoms. The molecule has 0 aliphatic carbocycles. The maximum absolute atomic E-state index is 3.87. The highest BCUT2D eigenvalue weighted by Crippen LogP contribution is 2.19. The van der Waals surface area contributed by atoms with Crippen molar-refractivity contribution in [2.24, 2.45) is 0 Å². The molecule has 0 spiro atoms. The number of anilines is 1. The van der Waals surface area contributed by atoms with Crippen molar-refractivity contribution in [1.29, 1.82) is 0 Å². The van der Waals surface area contributed by atoms with Gasteiger partial charge in [-0.2, -0.15) is 0 Å². The Kier molecular flexibility index (Phi) is 4.21. The lowest BCUT2D eigenvalue weighted by molar-refractivity contribution is 1.00. The first-order valence-electron chi connectivity index (χ1n) is 4.73. The van der Waals surface area contributed by atoms with Gasteiger partial charge in [0.1, 0.15) is 0 Å². The van der Waals surface area contributed by atoms with Crippen LogP contribution in [0.25, 0.3) is 0 Å². The van der Waals surface area contributed by atoms with Gasteiger partial charge in [-0.3, -0.25) is 0 Å². The predicted octanol–water partition coefficient (Wildman–Crippen LogP) is 4.14. The summed E-state index contributed by atoms with van der Waals surface area (Å²) in [6, 6.07) is 6.33. The number of benzene rings is 1. The lowest BCUT2D eigenvalue weighted by Gasteiger charge is -2.07. The number of hydrogen-bond acceptors (Lipinski definition) is 1. The molecule has 0 saturated carbocycles. The van der Waals surface area contributed by atoms with Crippen LogP contribution in [-0.2, 0) is 0 Å². The molecule has 0 amide bonds. The molecule has 0 aromatic heterocycles. The van der Waals surface area contributed by atoms with Gasteiger partial charge < -0.3 is 5.32 Å². The number of nitrogens with one attached hydrogen (secondary N) is 1. The third-order valence-electron chi connectivity index (χ3n) is 1.92. The molecule has 0 fully saturated rings. The Balaban J connectivity index is 2.54. The molecule has 0 heterocycles. The van der Waals surface area contributed by atoms with Crippen molar-refractivity contribution in [1.82, 2.24) is 0 Å². The summed E-state index contributed by atoms with van der Waals surface area (Å²) in [6.45, 7) is 8.96. The average Bonchev–Trinajstić information content (AvgIpc) is 2.01. The van der Waals surface area contributed by atoms with E-state index in [0.717, 1.165) is 23.1 Å². The Morgan fingerprint density at radius 3 is 2.71 bits per heavy atom. The van der Waals surface area contributed by atoms with Gasteiger partial charge in [-0.1, -0.05) is 21.5 Å². The normalized spacial score (nSPS) is 9.93. The minimum Gasteiger partial charge on any atom is -0.385 e. The van der Waals surface area contributed by atoms with Crippen LogP contribution in [0.4, 0.5) is 5.69 Å². The molecule has 0 saturated heterocycles. The lowest BCUT2D eigenvalue weighted by Crippen LogP contribution is -2.01. The quantitative estimate of drug-likeness (QED) is 0.796. The van der Waals surface area contributed by atoms with Crippen LogP contribution in [0.3, 0.4) is 0 Å². The largest absolute Gasteiger partial charge is 0.385 e. The number of aryl methyl sites for hydroxylation is 1. The summed E-state index contributed by atoms with van der Waals surface area (Å²) in [5, 5.41) is 3.37. The summed E-state index contributed by atoms with van der Waals surface area (Å²) in [5.74, 6) is 0. The number of rotatable bonds is 4. The van der Waals surface area contributed by atoms with E-state index < -0.39 is 0 Å². The molecular weight excluding hydrogens is 238 g/mol. The zero-order valence-corrected chi connectivity index (χ0v) is 10.3. The van der Waals surface area contributed by atoms with Crippen LogP contribution in [0.2, 0.25) is 0 Å². The fourth-order valence-electron chi connectivity index (χ4n) is 1.26. The van der Waals surface area contributed by atoms with E-state index in [1.165, 1.54) is 11.1 Å². The third-order valence-corrected chi connectivity index (χ3v) is 2.38. The van der Waals surface area contributed by atoms with E-state index >= 15 is 0 Å². The minimum atomic E-state index is 0.950. The summed E-state index contributed by atoms with van der Waals surface area (Å²) in [7, 11) is 0. The Labute approximate surface area is 94.3 Å². The second kappa shape index (κ2) is 5.20. The predicted molar refractivity (Wildman–Crippen MR) is 66.8 cm³/mol. The zero-order valence-electron chi connectivity index (χ0n) is 8.73. The first-order chi connectivity index (χ1) is 6.58. The Hall–Kier alpha value is -0.760. The molecule has 0 unspecified atom stereocenters. The molecule has 1 aromatic rings. The molecule has 14 heavy (non-hydrogen) atoms. The van der Waals surface area contributed by atoms with E-state index in [4.69, 9.17) is 0 Å². The minimum absolute atomic E-state index is 0.950. The summed E-state index contributed by atoms with van der Waals surface area (Å²) in [6.07, 6.45) is 1.02. The molecule has 1 aromatic carbocycles. The van der Waals surface area contributed by atoms with Gasteiger partial charge in [0.05, 0.1) is 0 Å². The van der Waals surface area contributed by atoms with Crippen molar-refractivity contribution in [3.63, 3.8) is 0 Å². The van der Waals surface area contributed by atoms with Gasteiger partial charge in [-0.25, -0.2) is 0 Å². The standard InChI is InChI=1S/C12H16BrN/c1-9(2)4-5-14-12-7-10(3)6-11(13)8-12/h6-8,14H,1,4-5H2,2-3H3. The molecule has 0 atom stereocenters. The summed E-state index contributed by atoms with van der Waals surface area (Å²) in [5.41, 5.74) is 3.64. The van der Waals surface area contributed by atoms with E-state index in [1.54, 1.807) is 0 Å². The van der Waals surface area contributed by atoms with Crippen molar-refractivity contribution >= 4 is 21.6 Å². The fraction of sp³-hybridized carbons (Fsp3) is 0.333. The second-order valence-corrected chi connectivity index (χ2v) is 4.57. The first kappa shape index (κ1) is 11.3. The Bertz CT molecular complexity index is 311. The molecule has 76 valence electrons. The van der Waals surface area contributed by atoms with E-state index in [-0.39, 0.29) is 0 Å². The van der Waals surface area contributed by atoms with Crippen LogP contribution < -0.4 is 5.32 Å². The molecule has 0 radical (unpaired) electrons. The van der Waals surface area contributed by atoms with Crippen molar-refractivity contribution in [3.8, 4) is 0 Å². The summed E-state index contributed by atoms with van der Waals surface area (Å²) < 4.78 is 1.12. The Morgan fingerprint density at radius 1 is 1.43 bits per heavy atom. The van der Waals surface area contributed by atoms with E-state index in [9.17, 15) is 0 Å². The van der Waals surface area contributed by atoms with Gasteiger partial charge in [0.15, 0.2) is 0 Å². The molecule has 1 rings (SSSR count). The third kappa shape index (κ3) is 3.97. The van der Waals surface area contributed by atoms with Crippen molar-refractivity contribution in [2.75, 3.05) is 11.9 Å². The summed E-state index contributed by atoms with van der Waals surface area (Å²) in [4.78, 5) is 0. The molecule has 1 N–H and O–H groups in total. The van der Waals surface area contributed by atoms with Crippen LogP contribution >= 0.6 is 15.9 Å². The fourth-order valence-corrected chi connectivity index (χ4v) is 1.87. The maximum Gasteiger partial charge on any atom is 0.0354 e. The zero-order chi connectivity index (χ0) is 10.6. The van der Waals surface area contributed by atoms with Gasteiger partial charge >= 0.3 is 0 Å². The number of halogens is 1. The van der Waals surface area contributed by atoms with Crippen molar-refractivity contribution < 1.29 is 0 Å².